The monoisotopic (exact) mass is 415 g/mol. The van der Waals surface area contributed by atoms with Gasteiger partial charge in [0.25, 0.3) is 5.91 Å². The third-order valence-electron chi connectivity index (χ3n) is 5.64. The van der Waals surface area contributed by atoms with Gasteiger partial charge in [0.1, 0.15) is 5.69 Å². The van der Waals surface area contributed by atoms with Crippen LogP contribution in [0.5, 0.6) is 0 Å². The average molecular weight is 415 g/mol. The van der Waals surface area contributed by atoms with Crippen LogP contribution in [0.2, 0.25) is 0 Å². The number of hydrogen-bond acceptors (Lipinski definition) is 7. The lowest BCUT2D eigenvalue weighted by Crippen LogP contribution is -2.30. The van der Waals surface area contributed by atoms with Crippen molar-refractivity contribution in [3.05, 3.63) is 78.0 Å². The molecule has 0 spiro atoms. The zero-order valence-corrected chi connectivity index (χ0v) is 17.2. The molecule has 9 heteroatoms. The van der Waals surface area contributed by atoms with Crippen molar-refractivity contribution < 1.29 is 9.32 Å². The Hall–Kier alpha value is -3.88. The van der Waals surface area contributed by atoms with Gasteiger partial charge in [0.05, 0.1) is 11.6 Å². The van der Waals surface area contributed by atoms with E-state index < -0.39 is 0 Å². The van der Waals surface area contributed by atoms with Crippen molar-refractivity contribution in [2.45, 2.75) is 18.8 Å². The van der Waals surface area contributed by atoms with Crippen LogP contribution in [0.15, 0.2) is 59.6 Å². The maximum Gasteiger partial charge on any atom is 0.272 e. The molecule has 1 amide bonds. The Bertz CT molecular complexity index is 1200. The van der Waals surface area contributed by atoms with Crippen molar-refractivity contribution in [1.82, 2.24) is 34.8 Å². The number of likely N-dealkylation sites (tertiary alicyclic amines) is 1. The molecule has 5 rings (SSSR count). The molecule has 1 aliphatic heterocycles. The van der Waals surface area contributed by atoms with Gasteiger partial charge < -0.3 is 9.42 Å². The first-order chi connectivity index (χ1) is 15.1. The van der Waals surface area contributed by atoms with Gasteiger partial charge in [-0.25, -0.2) is 0 Å². The molecule has 0 saturated carbocycles. The molecule has 1 fully saturated rings. The molecule has 9 nitrogen and oxygen atoms in total. The summed E-state index contributed by atoms with van der Waals surface area (Å²) in [6.45, 7) is 2.88. The molecular formula is C22H21N7O2. The third kappa shape index (κ3) is 3.58. The number of aromatic nitrogens is 6. The van der Waals surface area contributed by atoms with Crippen LogP contribution in [-0.4, -0.2) is 53.8 Å². The summed E-state index contributed by atoms with van der Waals surface area (Å²) in [5, 5.41) is 8.47. The van der Waals surface area contributed by atoms with Crippen molar-refractivity contribution in [3.8, 4) is 11.4 Å². The summed E-state index contributed by atoms with van der Waals surface area (Å²) in [4.78, 5) is 28.0. The summed E-state index contributed by atoms with van der Waals surface area (Å²) < 4.78 is 7.28. The lowest BCUT2D eigenvalue weighted by atomic mass is 9.90. The third-order valence-corrected chi connectivity index (χ3v) is 5.64. The lowest BCUT2D eigenvalue weighted by Gasteiger charge is -2.16. The number of nitrogens with zero attached hydrogens (tertiary/aromatic N) is 7. The Morgan fingerprint density at radius 2 is 1.90 bits per heavy atom. The van der Waals surface area contributed by atoms with Crippen molar-refractivity contribution in [2.24, 2.45) is 7.05 Å². The molecule has 0 unspecified atom stereocenters. The van der Waals surface area contributed by atoms with E-state index in [-0.39, 0.29) is 17.7 Å². The second kappa shape index (κ2) is 7.75. The molecule has 2 atom stereocenters. The van der Waals surface area contributed by atoms with Gasteiger partial charge in [-0.05, 0) is 36.8 Å². The second-order valence-electron chi connectivity index (χ2n) is 7.70. The van der Waals surface area contributed by atoms with Crippen molar-refractivity contribution >= 4 is 5.91 Å². The predicted octanol–water partition coefficient (Wildman–Crippen LogP) is 2.59. The highest BCUT2D eigenvalue weighted by Crippen LogP contribution is 2.39. The van der Waals surface area contributed by atoms with E-state index in [4.69, 9.17) is 4.52 Å². The molecule has 0 aliphatic carbocycles. The highest BCUT2D eigenvalue weighted by atomic mass is 16.5. The largest absolute Gasteiger partial charge is 0.339 e. The highest BCUT2D eigenvalue weighted by Gasteiger charge is 2.41. The quantitative estimate of drug-likeness (QED) is 0.505. The summed E-state index contributed by atoms with van der Waals surface area (Å²) in [6.07, 6.45) is 6.95. The average Bonchev–Trinajstić information content (AvgIpc) is 3.52. The van der Waals surface area contributed by atoms with E-state index in [2.05, 4.69) is 25.2 Å². The smallest absolute Gasteiger partial charge is 0.272 e. The molecule has 4 aromatic heterocycles. The molecular weight excluding hydrogens is 394 g/mol. The Kier molecular flexibility index (Phi) is 4.78. The summed E-state index contributed by atoms with van der Waals surface area (Å²) in [6, 6.07) is 9.40. The van der Waals surface area contributed by atoms with Crippen molar-refractivity contribution in [3.63, 3.8) is 0 Å². The van der Waals surface area contributed by atoms with Gasteiger partial charge in [-0.3, -0.25) is 19.4 Å². The second-order valence-corrected chi connectivity index (χ2v) is 7.70. The van der Waals surface area contributed by atoms with E-state index in [1.165, 1.54) is 0 Å². The Labute approximate surface area is 178 Å². The fraction of sp³-hybridized carbons (Fsp3) is 0.273. The van der Waals surface area contributed by atoms with Gasteiger partial charge in [-0.2, -0.15) is 10.1 Å². The van der Waals surface area contributed by atoms with E-state index in [0.717, 1.165) is 16.8 Å². The van der Waals surface area contributed by atoms with Crippen LogP contribution in [0.3, 0.4) is 0 Å². The van der Waals surface area contributed by atoms with Crippen LogP contribution < -0.4 is 0 Å². The molecule has 0 radical (unpaired) electrons. The first-order valence-electron chi connectivity index (χ1n) is 10.0. The van der Waals surface area contributed by atoms with E-state index in [9.17, 15) is 4.79 Å². The molecule has 31 heavy (non-hydrogen) atoms. The van der Waals surface area contributed by atoms with Crippen molar-refractivity contribution in [1.29, 1.82) is 0 Å². The standard InChI is InChI=1S/C22H21N7O2/c1-14-10-19(28(2)26-14)22(30)29-12-17(16-4-3-7-24-11-16)18(13-29)21-25-20(27-31-21)15-5-8-23-9-6-15/h3-11,17-18H,12-13H2,1-2H3/t17-,18+/m0/s1. The molecule has 1 saturated heterocycles. The van der Waals surface area contributed by atoms with Gasteiger partial charge in [-0.1, -0.05) is 11.2 Å². The zero-order valence-electron chi connectivity index (χ0n) is 17.2. The number of hydrogen-bond donors (Lipinski definition) is 0. The number of aryl methyl sites for hydroxylation is 2. The molecule has 1 aliphatic rings. The first-order valence-corrected chi connectivity index (χ1v) is 10.0. The summed E-state index contributed by atoms with van der Waals surface area (Å²) >= 11 is 0. The number of pyridine rings is 2. The molecule has 0 bridgehead atoms. The van der Waals surface area contributed by atoms with Crippen LogP contribution in [0.25, 0.3) is 11.4 Å². The minimum absolute atomic E-state index is 0.00212. The Balaban J connectivity index is 1.48. The van der Waals surface area contributed by atoms with Crippen LogP contribution in [0.1, 0.15) is 39.5 Å². The molecule has 0 N–H and O–H groups in total. The highest BCUT2D eigenvalue weighted by molar-refractivity contribution is 5.93. The minimum atomic E-state index is -0.134. The summed E-state index contributed by atoms with van der Waals surface area (Å²) in [7, 11) is 1.78. The van der Waals surface area contributed by atoms with Gasteiger partial charge in [0, 0.05) is 56.4 Å². The van der Waals surface area contributed by atoms with Crippen LogP contribution >= 0.6 is 0 Å². The van der Waals surface area contributed by atoms with Gasteiger partial charge in [0.2, 0.25) is 11.7 Å². The summed E-state index contributed by atoms with van der Waals surface area (Å²) in [5.41, 5.74) is 3.24. The fourth-order valence-corrected chi connectivity index (χ4v) is 4.13. The number of amides is 1. The predicted molar refractivity (Wildman–Crippen MR) is 111 cm³/mol. The SMILES string of the molecule is Cc1cc(C(=O)N2C[C@@H](c3cccnc3)[C@H](c3nc(-c4ccncc4)no3)C2)n(C)n1. The van der Waals surface area contributed by atoms with Crippen LogP contribution in [0, 0.1) is 6.92 Å². The van der Waals surface area contributed by atoms with E-state index in [0.29, 0.717) is 30.5 Å². The lowest BCUT2D eigenvalue weighted by molar-refractivity contribution is 0.0777. The molecule has 5 heterocycles. The Morgan fingerprint density at radius 1 is 1.10 bits per heavy atom. The maximum absolute atomic E-state index is 13.2. The maximum atomic E-state index is 13.2. The van der Waals surface area contributed by atoms with E-state index in [1.807, 2.05) is 48.4 Å². The molecule has 0 aromatic carbocycles. The molecule has 4 aromatic rings. The van der Waals surface area contributed by atoms with Gasteiger partial charge in [0.15, 0.2) is 0 Å². The minimum Gasteiger partial charge on any atom is -0.339 e. The fourth-order valence-electron chi connectivity index (χ4n) is 4.13. The molecule has 156 valence electrons. The first kappa shape index (κ1) is 19.1. The zero-order chi connectivity index (χ0) is 21.4. The summed E-state index contributed by atoms with van der Waals surface area (Å²) in [5.74, 6) is 0.822. The van der Waals surface area contributed by atoms with Crippen LogP contribution in [0.4, 0.5) is 0 Å². The van der Waals surface area contributed by atoms with Gasteiger partial charge >= 0.3 is 0 Å². The van der Waals surface area contributed by atoms with Crippen molar-refractivity contribution in [2.75, 3.05) is 13.1 Å². The Morgan fingerprint density at radius 3 is 2.61 bits per heavy atom. The normalized spacial score (nSPS) is 18.5. The number of carbonyl (C=O) groups is 1. The van der Waals surface area contributed by atoms with Crippen LogP contribution in [-0.2, 0) is 7.05 Å². The number of carbonyl (C=O) groups excluding carboxylic acids is 1. The van der Waals surface area contributed by atoms with E-state index >= 15 is 0 Å². The van der Waals surface area contributed by atoms with E-state index in [1.54, 1.807) is 30.3 Å². The van der Waals surface area contributed by atoms with Gasteiger partial charge in [-0.15, -0.1) is 0 Å². The topological polar surface area (TPSA) is 103 Å². The number of rotatable bonds is 4.